The molecule has 0 radical (unpaired) electrons. The van der Waals surface area contributed by atoms with Gasteiger partial charge in [0, 0.05) is 5.92 Å². The maximum absolute atomic E-state index is 11.3. The molecular weight excluding hydrogens is 156 g/mol. The maximum Gasteiger partial charge on any atom is 0.316 e. The molecule has 0 N–H and O–H groups in total. The molecule has 12 heavy (non-hydrogen) atoms. The fourth-order valence-electron chi connectivity index (χ4n) is 1.52. The van der Waals surface area contributed by atoms with Gasteiger partial charge >= 0.3 is 5.97 Å². The number of esters is 1. The Morgan fingerprint density at radius 3 is 2.67 bits per heavy atom. The Morgan fingerprint density at radius 2 is 2.25 bits per heavy atom. The Hall–Kier alpha value is -0.860. The Balaban J connectivity index is 2.53. The number of carbonyl (C=O) groups excluding carboxylic acids is 2. The van der Waals surface area contributed by atoms with Crippen LogP contribution in [0.25, 0.3) is 0 Å². The summed E-state index contributed by atoms with van der Waals surface area (Å²) in [5.41, 5.74) is 0. The zero-order valence-corrected chi connectivity index (χ0v) is 7.50. The van der Waals surface area contributed by atoms with E-state index in [2.05, 4.69) is 0 Å². The van der Waals surface area contributed by atoms with Crippen LogP contribution in [0, 0.1) is 11.8 Å². The van der Waals surface area contributed by atoms with Crippen LogP contribution < -0.4 is 0 Å². The summed E-state index contributed by atoms with van der Waals surface area (Å²) in [6.07, 6.45) is 1.49. The van der Waals surface area contributed by atoms with Gasteiger partial charge in [-0.15, -0.1) is 0 Å². The number of Topliss-reactive ketones (excluding diaryl/α,β-unsaturated/α-hetero) is 1. The minimum Gasteiger partial charge on any atom is -0.465 e. The normalized spacial score (nSPS) is 29.0. The Morgan fingerprint density at radius 1 is 1.58 bits per heavy atom. The van der Waals surface area contributed by atoms with E-state index in [-0.39, 0.29) is 17.7 Å². The first kappa shape index (κ1) is 9.23. The van der Waals surface area contributed by atoms with E-state index in [0.717, 1.165) is 6.42 Å². The minimum absolute atomic E-state index is 0.0411. The molecule has 1 saturated carbocycles. The second-order valence-corrected chi connectivity index (χ2v) is 3.19. The monoisotopic (exact) mass is 170 g/mol. The molecule has 1 rings (SSSR count). The number of hydrogen-bond acceptors (Lipinski definition) is 3. The zero-order chi connectivity index (χ0) is 9.14. The molecule has 68 valence electrons. The summed E-state index contributed by atoms with van der Waals surface area (Å²) in [7, 11) is 0. The van der Waals surface area contributed by atoms with Crippen molar-refractivity contribution >= 4 is 11.8 Å². The molecule has 0 amide bonds. The van der Waals surface area contributed by atoms with Crippen molar-refractivity contribution in [2.75, 3.05) is 6.61 Å². The van der Waals surface area contributed by atoms with Crippen molar-refractivity contribution in [3.63, 3.8) is 0 Å². The van der Waals surface area contributed by atoms with Crippen molar-refractivity contribution in [1.82, 2.24) is 0 Å². The third kappa shape index (κ3) is 1.65. The van der Waals surface area contributed by atoms with Gasteiger partial charge in [0.1, 0.15) is 11.7 Å². The fraction of sp³-hybridized carbons (Fsp3) is 0.778. The van der Waals surface area contributed by atoms with Gasteiger partial charge in [0.05, 0.1) is 6.61 Å². The van der Waals surface area contributed by atoms with Gasteiger partial charge < -0.3 is 4.74 Å². The number of rotatable bonds is 2. The summed E-state index contributed by atoms with van der Waals surface area (Å²) >= 11 is 0. The van der Waals surface area contributed by atoms with E-state index in [9.17, 15) is 9.59 Å². The van der Waals surface area contributed by atoms with Gasteiger partial charge in [-0.05, 0) is 19.8 Å². The molecule has 0 saturated heterocycles. The number of hydrogen-bond donors (Lipinski definition) is 0. The predicted octanol–water partition coefficient (Wildman–Crippen LogP) is 1.16. The largest absolute Gasteiger partial charge is 0.465 e. The third-order valence-electron chi connectivity index (χ3n) is 2.29. The molecular formula is C9H14O3. The van der Waals surface area contributed by atoms with Crippen molar-refractivity contribution < 1.29 is 14.3 Å². The summed E-state index contributed by atoms with van der Waals surface area (Å²) < 4.78 is 4.78. The average molecular weight is 170 g/mol. The number of ether oxygens (including phenoxy) is 1. The lowest BCUT2D eigenvalue weighted by Gasteiger charge is -2.06. The zero-order valence-electron chi connectivity index (χ0n) is 7.50. The molecule has 1 fully saturated rings. The van der Waals surface area contributed by atoms with Gasteiger partial charge in [0.15, 0.2) is 0 Å². The molecule has 0 bridgehead atoms. The highest BCUT2D eigenvalue weighted by Crippen LogP contribution is 2.27. The summed E-state index contributed by atoms with van der Waals surface area (Å²) in [6.45, 7) is 3.97. The number of ketones is 1. The standard InChI is InChI=1S/C9H14O3/c1-3-12-9(11)7-5-4-6(2)8(7)10/h6-7H,3-5H2,1-2H3/t6-,7-/m0/s1. The molecule has 0 aromatic rings. The molecule has 1 aliphatic carbocycles. The van der Waals surface area contributed by atoms with Gasteiger partial charge in [-0.3, -0.25) is 9.59 Å². The molecule has 0 spiro atoms. The first-order valence-corrected chi connectivity index (χ1v) is 4.37. The molecule has 0 heterocycles. The van der Waals surface area contributed by atoms with Crippen LogP contribution in [0.3, 0.4) is 0 Å². The van der Waals surface area contributed by atoms with E-state index in [1.807, 2.05) is 6.92 Å². The topological polar surface area (TPSA) is 43.4 Å². The molecule has 0 unspecified atom stereocenters. The molecule has 1 aliphatic rings. The van der Waals surface area contributed by atoms with E-state index < -0.39 is 5.92 Å². The van der Waals surface area contributed by atoms with E-state index in [1.54, 1.807) is 6.92 Å². The van der Waals surface area contributed by atoms with Crippen molar-refractivity contribution in [3.05, 3.63) is 0 Å². The molecule has 3 heteroatoms. The Bertz CT molecular complexity index is 198. The number of carbonyl (C=O) groups is 2. The van der Waals surface area contributed by atoms with E-state index in [1.165, 1.54) is 0 Å². The highest BCUT2D eigenvalue weighted by atomic mass is 16.5. The lowest BCUT2D eigenvalue weighted by Crippen LogP contribution is -2.23. The third-order valence-corrected chi connectivity index (χ3v) is 2.29. The van der Waals surface area contributed by atoms with Gasteiger partial charge in [-0.1, -0.05) is 6.92 Å². The van der Waals surface area contributed by atoms with Crippen LogP contribution in [0.1, 0.15) is 26.7 Å². The van der Waals surface area contributed by atoms with Crippen molar-refractivity contribution in [2.45, 2.75) is 26.7 Å². The summed E-state index contributed by atoms with van der Waals surface area (Å²) in [5.74, 6) is -0.723. The molecule has 0 aromatic carbocycles. The second-order valence-electron chi connectivity index (χ2n) is 3.19. The van der Waals surface area contributed by atoms with Crippen LogP contribution in [-0.2, 0) is 14.3 Å². The molecule has 0 aromatic heterocycles. The molecule has 2 atom stereocenters. The highest BCUT2D eigenvalue weighted by Gasteiger charge is 2.36. The van der Waals surface area contributed by atoms with E-state index >= 15 is 0 Å². The van der Waals surface area contributed by atoms with Gasteiger partial charge in [0.2, 0.25) is 0 Å². The summed E-state index contributed by atoms with van der Waals surface area (Å²) in [6, 6.07) is 0. The lowest BCUT2D eigenvalue weighted by molar-refractivity contribution is -0.150. The minimum atomic E-state index is -0.472. The van der Waals surface area contributed by atoms with Crippen molar-refractivity contribution in [1.29, 1.82) is 0 Å². The van der Waals surface area contributed by atoms with Crippen LogP contribution in [0.5, 0.6) is 0 Å². The maximum atomic E-state index is 11.3. The van der Waals surface area contributed by atoms with Gasteiger partial charge in [-0.2, -0.15) is 0 Å². The summed E-state index contributed by atoms with van der Waals surface area (Å²) in [4.78, 5) is 22.5. The van der Waals surface area contributed by atoms with Crippen LogP contribution in [-0.4, -0.2) is 18.4 Å². The molecule has 0 aliphatic heterocycles. The second kappa shape index (κ2) is 3.70. The quantitative estimate of drug-likeness (QED) is 0.461. The summed E-state index contributed by atoms with van der Waals surface area (Å²) in [5, 5.41) is 0. The van der Waals surface area contributed by atoms with Gasteiger partial charge in [-0.25, -0.2) is 0 Å². The Kier molecular flexibility index (Phi) is 2.84. The van der Waals surface area contributed by atoms with Crippen LogP contribution in [0.15, 0.2) is 0 Å². The lowest BCUT2D eigenvalue weighted by atomic mass is 10.1. The first-order valence-electron chi connectivity index (χ1n) is 4.37. The molecule has 3 nitrogen and oxygen atoms in total. The fourth-order valence-corrected chi connectivity index (χ4v) is 1.52. The smallest absolute Gasteiger partial charge is 0.316 e. The highest BCUT2D eigenvalue weighted by molar-refractivity contribution is 6.01. The average Bonchev–Trinajstić information content (AvgIpc) is 2.34. The Labute approximate surface area is 72.1 Å². The van der Waals surface area contributed by atoms with Crippen LogP contribution >= 0.6 is 0 Å². The SMILES string of the molecule is CCOC(=O)[C@H]1CC[C@H](C)C1=O. The predicted molar refractivity (Wildman–Crippen MR) is 43.5 cm³/mol. The van der Waals surface area contributed by atoms with Crippen LogP contribution in [0.4, 0.5) is 0 Å². The van der Waals surface area contributed by atoms with E-state index in [4.69, 9.17) is 4.74 Å². The van der Waals surface area contributed by atoms with Crippen molar-refractivity contribution in [3.8, 4) is 0 Å². The first-order chi connectivity index (χ1) is 5.66. The van der Waals surface area contributed by atoms with Crippen molar-refractivity contribution in [2.24, 2.45) is 11.8 Å². The van der Waals surface area contributed by atoms with E-state index in [0.29, 0.717) is 13.0 Å². The van der Waals surface area contributed by atoms with Gasteiger partial charge in [0.25, 0.3) is 0 Å². The van der Waals surface area contributed by atoms with Crippen LogP contribution in [0.2, 0.25) is 0 Å².